The molecular weight excluding hydrogens is 393 g/mol. The van der Waals surface area contributed by atoms with E-state index in [4.69, 9.17) is 23.2 Å². The SMILES string of the molecule is O=C(O)[C@]12C[C@H]1CN(C1CCc3cc(C#Cc4c(Cl)cccc4Cl)ccc31)C2. The number of likely N-dealkylation sites (tertiary alicyclic amines) is 1. The number of hydrogen-bond acceptors (Lipinski definition) is 2. The van der Waals surface area contributed by atoms with Gasteiger partial charge < -0.3 is 5.11 Å². The fraction of sp³-hybridized carbons (Fsp3) is 0.348. The van der Waals surface area contributed by atoms with Gasteiger partial charge in [-0.3, -0.25) is 9.69 Å². The summed E-state index contributed by atoms with van der Waals surface area (Å²) in [5.41, 5.74) is 3.76. The first-order chi connectivity index (χ1) is 13.5. The number of benzene rings is 2. The first kappa shape index (κ1) is 18.1. The summed E-state index contributed by atoms with van der Waals surface area (Å²) in [5.74, 6) is 5.99. The molecule has 1 unspecified atom stereocenters. The number of aryl methyl sites for hydroxylation is 1. The monoisotopic (exact) mass is 411 g/mol. The Morgan fingerprint density at radius 3 is 2.68 bits per heavy atom. The minimum atomic E-state index is -0.623. The zero-order valence-electron chi connectivity index (χ0n) is 15.2. The van der Waals surface area contributed by atoms with Crippen LogP contribution in [0.2, 0.25) is 10.0 Å². The Morgan fingerprint density at radius 1 is 1.18 bits per heavy atom. The molecule has 5 heteroatoms. The van der Waals surface area contributed by atoms with Gasteiger partial charge in [-0.15, -0.1) is 0 Å². The third kappa shape index (κ3) is 2.83. The summed E-state index contributed by atoms with van der Waals surface area (Å²) >= 11 is 12.4. The van der Waals surface area contributed by atoms with Crippen molar-refractivity contribution in [1.82, 2.24) is 4.90 Å². The van der Waals surface area contributed by atoms with Gasteiger partial charge in [-0.2, -0.15) is 0 Å². The number of carboxylic acids is 1. The van der Waals surface area contributed by atoms with Gasteiger partial charge in [0, 0.05) is 24.7 Å². The minimum Gasteiger partial charge on any atom is -0.481 e. The maximum absolute atomic E-state index is 11.6. The van der Waals surface area contributed by atoms with Crippen LogP contribution in [0.1, 0.15) is 41.1 Å². The number of carbonyl (C=O) groups is 1. The second-order valence-electron chi connectivity index (χ2n) is 8.11. The quantitative estimate of drug-likeness (QED) is 0.722. The Balaban J connectivity index is 1.37. The predicted molar refractivity (Wildman–Crippen MR) is 110 cm³/mol. The van der Waals surface area contributed by atoms with E-state index in [2.05, 4.69) is 28.9 Å². The molecule has 0 bridgehead atoms. The van der Waals surface area contributed by atoms with Crippen molar-refractivity contribution in [2.75, 3.05) is 13.1 Å². The molecule has 5 rings (SSSR count). The molecule has 1 N–H and O–H groups in total. The van der Waals surface area contributed by atoms with Gasteiger partial charge in [-0.05, 0) is 60.6 Å². The summed E-state index contributed by atoms with van der Waals surface area (Å²) in [4.78, 5) is 14.0. The van der Waals surface area contributed by atoms with Gasteiger partial charge in [0.25, 0.3) is 0 Å². The number of halogens is 2. The lowest BCUT2D eigenvalue weighted by Crippen LogP contribution is -2.31. The van der Waals surface area contributed by atoms with E-state index in [1.54, 1.807) is 12.1 Å². The molecule has 1 saturated heterocycles. The van der Waals surface area contributed by atoms with Crippen molar-refractivity contribution >= 4 is 29.2 Å². The number of aliphatic carboxylic acids is 1. The predicted octanol–water partition coefficient (Wildman–Crippen LogP) is 4.79. The molecule has 142 valence electrons. The van der Waals surface area contributed by atoms with Gasteiger partial charge in [0.05, 0.1) is 21.0 Å². The van der Waals surface area contributed by atoms with E-state index in [-0.39, 0.29) is 0 Å². The van der Waals surface area contributed by atoms with Crippen molar-refractivity contribution in [3.8, 4) is 11.8 Å². The van der Waals surface area contributed by atoms with Crippen LogP contribution in [0, 0.1) is 23.2 Å². The number of carboxylic acid groups (broad SMARTS) is 1. The summed E-state index contributed by atoms with van der Waals surface area (Å²) in [6.45, 7) is 1.59. The van der Waals surface area contributed by atoms with Crippen LogP contribution in [-0.2, 0) is 11.2 Å². The summed E-state index contributed by atoms with van der Waals surface area (Å²) in [6, 6.07) is 12.1. The molecule has 0 radical (unpaired) electrons. The van der Waals surface area contributed by atoms with Crippen LogP contribution in [0.5, 0.6) is 0 Å². The molecule has 0 spiro atoms. The topological polar surface area (TPSA) is 40.5 Å². The zero-order chi connectivity index (χ0) is 19.5. The molecule has 3 nitrogen and oxygen atoms in total. The van der Waals surface area contributed by atoms with E-state index in [0.717, 1.165) is 31.4 Å². The number of fused-ring (bicyclic) bond motifs is 2. The average molecular weight is 412 g/mol. The van der Waals surface area contributed by atoms with E-state index in [1.165, 1.54) is 11.1 Å². The number of hydrogen-bond donors (Lipinski definition) is 1. The molecule has 2 fully saturated rings. The van der Waals surface area contributed by atoms with Crippen molar-refractivity contribution in [1.29, 1.82) is 0 Å². The fourth-order valence-electron chi connectivity index (χ4n) is 4.89. The fourth-order valence-corrected chi connectivity index (χ4v) is 5.39. The molecule has 0 amide bonds. The molecule has 3 aliphatic rings. The van der Waals surface area contributed by atoms with Crippen LogP contribution in [0.15, 0.2) is 36.4 Å². The lowest BCUT2D eigenvalue weighted by atomic mass is 10.0. The number of rotatable bonds is 2. The smallest absolute Gasteiger partial charge is 0.311 e. The molecule has 28 heavy (non-hydrogen) atoms. The average Bonchev–Trinajstić information content (AvgIpc) is 3.04. The van der Waals surface area contributed by atoms with Crippen molar-refractivity contribution in [2.24, 2.45) is 11.3 Å². The molecular formula is C23H19Cl2NO2. The highest BCUT2D eigenvalue weighted by atomic mass is 35.5. The Labute approximate surface area is 174 Å². The van der Waals surface area contributed by atoms with Crippen molar-refractivity contribution < 1.29 is 9.90 Å². The highest BCUT2D eigenvalue weighted by Crippen LogP contribution is 2.60. The highest BCUT2D eigenvalue weighted by molar-refractivity contribution is 6.36. The van der Waals surface area contributed by atoms with E-state index < -0.39 is 11.4 Å². The van der Waals surface area contributed by atoms with E-state index in [0.29, 0.717) is 34.1 Å². The largest absolute Gasteiger partial charge is 0.481 e. The van der Waals surface area contributed by atoms with Crippen molar-refractivity contribution in [2.45, 2.75) is 25.3 Å². The van der Waals surface area contributed by atoms with Gasteiger partial charge in [-0.25, -0.2) is 0 Å². The third-order valence-corrected chi connectivity index (χ3v) is 7.15. The van der Waals surface area contributed by atoms with Crippen molar-refractivity contribution in [3.63, 3.8) is 0 Å². The van der Waals surface area contributed by atoms with Gasteiger partial charge >= 0.3 is 5.97 Å². The molecule has 0 aromatic heterocycles. The molecule has 1 heterocycles. The van der Waals surface area contributed by atoms with Crippen LogP contribution in [0.3, 0.4) is 0 Å². The highest BCUT2D eigenvalue weighted by Gasteiger charge is 2.66. The van der Waals surface area contributed by atoms with Gasteiger partial charge in [0.15, 0.2) is 0 Å². The minimum absolute atomic E-state index is 0.332. The van der Waals surface area contributed by atoms with E-state index in [9.17, 15) is 9.90 Å². The molecule has 1 aliphatic heterocycles. The van der Waals surface area contributed by atoms with Gasteiger partial charge in [0.2, 0.25) is 0 Å². The standard InChI is InChI=1S/C23H19Cl2NO2/c24-19-2-1-3-20(25)18(19)8-5-14-4-7-17-15(10-14)6-9-21(17)26-12-16-11-23(16,13-26)22(27)28/h1-4,7,10,16,21H,6,9,11-13H2,(H,27,28)/t16-,21?,23-/m0/s1. The summed E-state index contributed by atoms with van der Waals surface area (Å²) in [7, 11) is 0. The van der Waals surface area contributed by atoms with E-state index >= 15 is 0 Å². The molecule has 2 aromatic rings. The van der Waals surface area contributed by atoms with Crippen LogP contribution < -0.4 is 0 Å². The molecule has 1 saturated carbocycles. The Hall–Kier alpha value is -1.99. The zero-order valence-corrected chi connectivity index (χ0v) is 16.7. The maximum Gasteiger partial charge on any atom is 0.311 e. The lowest BCUT2D eigenvalue weighted by Gasteiger charge is -2.27. The van der Waals surface area contributed by atoms with E-state index in [1.807, 2.05) is 12.1 Å². The van der Waals surface area contributed by atoms with Crippen LogP contribution >= 0.6 is 23.2 Å². The number of piperidine rings is 1. The van der Waals surface area contributed by atoms with Crippen LogP contribution in [0.25, 0.3) is 0 Å². The molecule has 2 aliphatic carbocycles. The first-order valence-electron chi connectivity index (χ1n) is 9.54. The van der Waals surface area contributed by atoms with Crippen molar-refractivity contribution in [3.05, 3.63) is 68.7 Å². The second kappa shape index (κ2) is 6.52. The van der Waals surface area contributed by atoms with Gasteiger partial charge in [0.1, 0.15) is 0 Å². The van der Waals surface area contributed by atoms with Crippen LogP contribution in [0.4, 0.5) is 0 Å². The number of nitrogens with zero attached hydrogens (tertiary/aromatic N) is 1. The summed E-state index contributed by atoms with van der Waals surface area (Å²) in [5, 5.41) is 10.7. The molecule has 2 aromatic carbocycles. The van der Waals surface area contributed by atoms with Gasteiger partial charge in [-0.1, -0.05) is 47.2 Å². The lowest BCUT2D eigenvalue weighted by molar-refractivity contribution is -0.143. The third-order valence-electron chi connectivity index (χ3n) is 6.52. The second-order valence-corrected chi connectivity index (χ2v) is 8.92. The normalized spacial score (nSPS) is 27.6. The Kier molecular flexibility index (Phi) is 4.21. The Bertz CT molecular complexity index is 1030. The maximum atomic E-state index is 11.6. The Morgan fingerprint density at radius 2 is 1.96 bits per heavy atom. The molecule has 3 atom stereocenters. The summed E-state index contributed by atoms with van der Waals surface area (Å²) in [6.07, 6.45) is 2.89. The van der Waals surface area contributed by atoms with Crippen LogP contribution in [-0.4, -0.2) is 29.1 Å². The first-order valence-corrected chi connectivity index (χ1v) is 10.3. The summed E-state index contributed by atoms with van der Waals surface area (Å²) < 4.78 is 0.